The predicted molar refractivity (Wildman–Crippen MR) is 91.1 cm³/mol. The average Bonchev–Trinajstić information content (AvgIpc) is 2.92. The lowest BCUT2D eigenvalue weighted by atomic mass is 9.92. The largest absolute Gasteiger partial charge is 1.00 e. The summed E-state index contributed by atoms with van der Waals surface area (Å²) in [5, 5.41) is 3.07. The van der Waals surface area contributed by atoms with Crippen LogP contribution < -0.4 is 17.7 Å². The topological polar surface area (TPSA) is 32.3 Å². The number of fused-ring (bicyclic) bond motifs is 1. The number of rotatable bonds is 4. The Labute approximate surface area is 146 Å². The number of piperidine rings is 1. The molecule has 4 heteroatoms. The minimum Gasteiger partial charge on any atom is -1.00 e. The van der Waals surface area contributed by atoms with Gasteiger partial charge in [0, 0.05) is 31.7 Å². The smallest absolute Gasteiger partial charge is 0.225 e. The number of carbonyl (C=O) groups excluding carboxylic acids is 1. The number of halogens is 1. The molecule has 0 bridgehead atoms. The van der Waals surface area contributed by atoms with Crippen molar-refractivity contribution in [1.29, 1.82) is 0 Å². The third-order valence-electron chi connectivity index (χ3n) is 4.98. The molecule has 0 spiro atoms. The highest BCUT2D eigenvalue weighted by atomic mass is 35.5. The summed E-state index contributed by atoms with van der Waals surface area (Å²) < 4.78 is 0. The minimum absolute atomic E-state index is 0. The number of benzene rings is 1. The Morgan fingerprint density at radius 2 is 1.87 bits per heavy atom. The zero-order valence-electron chi connectivity index (χ0n) is 14.3. The molecule has 2 atom stereocenters. The Kier molecular flexibility index (Phi) is 6.49. The summed E-state index contributed by atoms with van der Waals surface area (Å²) in [6.07, 6.45) is 5.50. The van der Waals surface area contributed by atoms with Crippen LogP contribution in [0.5, 0.6) is 0 Å². The van der Waals surface area contributed by atoms with Crippen LogP contribution in [0, 0.1) is 11.8 Å². The minimum atomic E-state index is 0. The monoisotopic (exact) mass is 335 g/mol. The third-order valence-corrected chi connectivity index (χ3v) is 4.98. The van der Waals surface area contributed by atoms with E-state index in [1.165, 1.54) is 30.4 Å². The van der Waals surface area contributed by atoms with Gasteiger partial charge in [0.1, 0.15) is 0 Å². The summed E-state index contributed by atoms with van der Waals surface area (Å²) in [5.74, 6) is 1.65. The lowest BCUT2D eigenvalue weighted by molar-refractivity contribution is -0.116. The van der Waals surface area contributed by atoms with Gasteiger partial charge in [0.05, 0.1) is 0 Å². The summed E-state index contributed by atoms with van der Waals surface area (Å²) in [5.41, 5.74) is 3.83. The van der Waals surface area contributed by atoms with Gasteiger partial charge in [-0.1, -0.05) is 19.9 Å². The van der Waals surface area contributed by atoms with E-state index < -0.39 is 0 Å². The van der Waals surface area contributed by atoms with Gasteiger partial charge in [-0.05, 0) is 60.8 Å². The van der Waals surface area contributed by atoms with Crippen LogP contribution in [0.15, 0.2) is 18.2 Å². The fourth-order valence-electron chi connectivity index (χ4n) is 4.11. The number of hydrogen-bond donors (Lipinski definition) is 1. The molecule has 23 heavy (non-hydrogen) atoms. The molecule has 1 saturated heterocycles. The second-order valence-electron chi connectivity index (χ2n) is 7.34. The summed E-state index contributed by atoms with van der Waals surface area (Å²) in [4.78, 5) is 14.6. The molecular weight excluding hydrogens is 308 g/mol. The van der Waals surface area contributed by atoms with E-state index in [1.807, 2.05) is 6.07 Å². The van der Waals surface area contributed by atoms with Crippen LogP contribution in [0.1, 0.15) is 44.2 Å². The van der Waals surface area contributed by atoms with Crippen molar-refractivity contribution in [2.24, 2.45) is 11.8 Å². The first-order valence-corrected chi connectivity index (χ1v) is 8.74. The normalized spacial score (nSPS) is 23.9. The highest BCUT2D eigenvalue weighted by Gasteiger charge is 2.22. The van der Waals surface area contributed by atoms with Crippen molar-refractivity contribution in [3.8, 4) is 0 Å². The van der Waals surface area contributed by atoms with Crippen molar-refractivity contribution in [2.75, 3.05) is 25.0 Å². The molecule has 128 valence electrons. The van der Waals surface area contributed by atoms with Gasteiger partial charge in [-0.15, -0.1) is 0 Å². The number of likely N-dealkylation sites (tertiary alicyclic amines) is 1. The van der Waals surface area contributed by atoms with Crippen LogP contribution in [0.2, 0.25) is 0 Å². The Morgan fingerprint density at radius 3 is 2.61 bits per heavy atom. The molecule has 1 aliphatic carbocycles. The van der Waals surface area contributed by atoms with E-state index in [4.69, 9.17) is 0 Å². The molecule has 3 nitrogen and oxygen atoms in total. The van der Waals surface area contributed by atoms with Crippen molar-refractivity contribution >= 4 is 11.6 Å². The van der Waals surface area contributed by atoms with E-state index >= 15 is 0 Å². The van der Waals surface area contributed by atoms with Crippen LogP contribution in [-0.4, -0.2) is 30.4 Å². The second-order valence-corrected chi connectivity index (χ2v) is 7.34. The first-order chi connectivity index (χ1) is 10.6. The molecule has 0 saturated carbocycles. The van der Waals surface area contributed by atoms with Gasteiger partial charge < -0.3 is 22.6 Å². The molecule has 1 amide bonds. The number of anilines is 1. The molecule has 2 aliphatic rings. The molecule has 0 radical (unpaired) electrons. The molecule has 3 rings (SSSR count). The van der Waals surface area contributed by atoms with Crippen LogP contribution in [-0.2, 0) is 17.6 Å². The average molecular weight is 336 g/mol. The molecule has 1 N–H and O–H groups in total. The lowest BCUT2D eigenvalue weighted by Crippen LogP contribution is -3.00. The standard InChI is InChI=1S/C19H28N2O.ClH/c1-14-10-15(2)13-21(12-14)9-8-19(22)20-18-7-6-16-4-3-5-17(16)11-18;/h6-7,11,14-15H,3-5,8-10,12-13H2,1-2H3,(H,20,22);1H/p-1. The van der Waals surface area contributed by atoms with E-state index in [0.29, 0.717) is 6.42 Å². The highest BCUT2D eigenvalue weighted by molar-refractivity contribution is 5.91. The SMILES string of the molecule is CC1CC(C)CN(CCC(=O)Nc2ccc3c(c2)CCC3)C1.[Cl-]. The van der Waals surface area contributed by atoms with Gasteiger partial charge in [-0.3, -0.25) is 4.79 Å². The van der Waals surface area contributed by atoms with Gasteiger partial charge >= 0.3 is 0 Å². The Morgan fingerprint density at radius 1 is 1.17 bits per heavy atom. The third kappa shape index (κ3) is 4.95. The molecule has 1 aliphatic heterocycles. The van der Waals surface area contributed by atoms with Crippen LogP contribution >= 0.6 is 0 Å². The highest BCUT2D eigenvalue weighted by Crippen LogP contribution is 2.25. The number of nitrogens with one attached hydrogen (secondary N) is 1. The van der Waals surface area contributed by atoms with Crippen molar-refractivity contribution < 1.29 is 17.2 Å². The van der Waals surface area contributed by atoms with Crippen LogP contribution in [0.25, 0.3) is 0 Å². The first kappa shape index (κ1) is 18.3. The molecule has 2 unspecified atom stereocenters. The molecule has 0 aromatic heterocycles. The zero-order valence-corrected chi connectivity index (χ0v) is 15.0. The fourth-order valence-corrected chi connectivity index (χ4v) is 4.11. The number of amides is 1. The maximum absolute atomic E-state index is 12.2. The van der Waals surface area contributed by atoms with Crippen LogP contribution in [0.3, 0.4) is 0 Å². The maximum atomic E-state index is 12.2. The molecule has 1 aromatic rings. The number of nitrogens with zero attached hydrogens (tertiary/aromatic N) is 1. The molecule has 1 fully saturated rings. The first-order valence-electron chi connectivity index (χ1n) is 8.74. The Bertz CT molecular complexity index is 536. The predicted octanol–water partition coefficient (Wildman–Crippen LogP) is 0.486. The molecular formula is C19H28ClN2O-. The zero-order chi connectivity index (χ0) is 15.5. The van der Waals surface area contributed by atoms with Gasteiger partial charge in [0.25, 0.3) is 0 Å². The number of carbonyl (C=O) groups is 1. The van der Waals surface area contributed by atoms with Gasteiger partial charge in [0.15, 0.2) is 0 Å². The summed E-state index contributed by atoms with van der Waals surface area (Å²) in [7, 11) is 0. The summed E-state index contributed by atoms with van der Waals surface area (Å²) >= 11 is 0. The van der Waals surface area contributed by atoms with Gasteiger partial charge in [-0.25, -0.2) is 0 Å². The van der Waals surface area contributed by atoms with E-state index in [-0.39, 0.29) is 18.3 Å². The van der Waals surface area contributed by atoms with Gasteiger partial charge in [-0.2, -0.15) is 0 Å². The van der Waals surface area contributed by atoms with Crippen molar-refractivity contribution in [2.45, 2.75) is 46.0 Å². The second kappa shape index (κ2) is 8.16. The van der Waals surface area contributed by atoms with E-state index in [2.05, 4.69) is 36.2 Å². The van der Waals surface area contributed by atoms with E-state index in [0.717, 1.165) is 43.6 Å². The van der Waals surface area contributed by atoms with E-state index in [9.17, 15) is 4.79 Å². The molecule has 1 aromatic carbocycles. The summed E-state index contributed by atoms with van der Waals surface area (Å²) in [6.45, 7) is 7.78. The number of hydrogen-bond acceptors (Lipinski definition) is 2. The number of aryl methyl sites for hydroxylation is 2. The fraction of sp³-hybridized carbons (Fsp3) is 0.632. The van der Waals surface area contributed by atoms with E-state index in [1.54, 1.807) is 0 Å². The van der Waals surface area contributed by atoms with Gasteiger partial charge in [0.2, 0.25) is 5.91 Å². The molecule has 1 heterocycles. The van der Waals surface area contributed by atoms with Crippen molar-refractivity contribution in [1.82, 2.24) is 4.90 Å². The lowest BCUT2D eigenvalue weighted by Gasteiger charge is -2.34. The Balaban J connectivity index is 0.00000192. The summed E-state index contributed by atoms with van der Waals surface area (Å²) in [6, 6.07) is 6.38. The van der Waals surface area contributed by atoms with Crippen molar-refractivity contribution in [3.63, 3.8) is 0 Å². The van der Waals surface area contributed by atoms with Crippen molar-refractivity contribution in [3.05, 3.63) is 29.3 Å². The quantitative estimate of drug-likeness (QED) is 0.868. The Hall–Kier alpha value is -1.06. The maximum Gasteiger partial charge on any atom is 0.225 e. The van der Waals surface area contributed by atoms with Crippen LogP contribution in [0.4, 0.5) is 5.69 Å².